The van der Waals surface area contributed by atoms with Crippen molar-refractivity contribution in [2.45, 2.75) is 82.2 Å². The van der Waals surface area contributed by atoms with Crippen LogP contribution in [0, 0.1) is 5.92 Å². The van der Waals surface area contributed by atoms with Crippen LogP contribution in [-0.4, -0.2) is 34.3 Å². The highest BCUT2D eigenvalue weighted by Crippen LogP contribution is 2.31. The molecule has 0 aromatic heterocycles. The lowest BCUT2D eigenvalue weighted by atomic mass is 9.88. The Labute approximate surface area is 178 Å². The molecule has 0 amide bonds. The van der Waals surface area contributed by atoms with Crippen molar-refractivity contribution in [2.24, 2.45) is 10.9 Å². The number of fused-ring (bicyclic) bond motifs is 1. The highest BCUT2D eigenvalue weighted by atomic mass is 79.9. The Morgan fingerprint density at radius 1 is 1.18 bits per heavy atom. The second kappa shape index (κ2) is 10.7. The van der Waals surface area contributed by atoms with E-state index in [9.17, 15) is 5.11 Å². The molecule has 1 aromatic carbocycles. The number of para-hydroxylation sites is 1. The van der Waals surface area contributed by atoms with E-state index < -0.39 is 6.10 Å². The van der Waals surface area contributed by atoms with Crippen LogP contribution in [0.15, 0.2) is 40.9 Å². The van der Waals surface area contributed by atoms with Crippen LogP contribution in [0.1, 0.15) is 64.4 Å². The lowest BCUT2D eigenvalue weighted by Gasteiger charge is -2.30. The molecule has 2 aliphatic rings. The smallest absolute Gasteiger partial charge is 0.0910 e. The molecule has 1 aromatic rings. The summed E-state index contributed by atoms with van der Waals surface area (Å²) in [6, 6.07) is 8.58. The number of hydrogen-bond acceptors (Lipinski definition) is 3. The van der Waals surface area contributed by atoms with E-state index in [1.54, 1.807) is 0 Å². The summed E-state index contributed by atoms with van der Waals surface area (Å²) in [5, 5.41) is 14.7. The molecule has 3 nitrogen and oxygen atoms in total. The van der Waals surface area contributed by atoms with Crippen LogP contribution < -0.4 is 5.32 Å². The van der Waals surface area contributed by atoms with Crippen molar-refractivity contribution < 1.29 is 5.11 Å². The SMILES string of the molecule is CCC(Br)CCC(CC)C1=Nc2ccccc2CC([C@@H](O)[C@H]2CCCCN2)=C1. The number of piperidine rings is 1. The first-order valence-electron chi connectivity index (χ1n) is 11.0. The summed E-state index contributed by atoms with van der Waals surface area (Å²) in [4.78, 5) is 5.66. The predicted molar refractivity (Wildman–Crippen MR) is 123 cm³/mol. The molecule has 154 valence electrons. The van der Waals surface area contributed by atoms with Crippen LogP contribution in [0.5, 0.6) is 0 Å². The summed E-state index contributed by atoms with van der Waals surface area (Å²) in [5.41, 5.74) is 4.55. The van der Waals surface area contributed by atoms with Gasteiger partial charge in [-0.2, -0.15) is 0 Å². The lowest BCUT2D eigenvalue weighted by Crippen LogP contribution is -2.44. The van der Waals surface area contributed by atoms with Gasteiger partial charge in [-0.3, -0.25) is 4.99 Å². The molecule has 2 N–H and O–H groups in total. The Morgan fingerprint density at radius 3 is 2.71 bits per heavy atom. The molecule has 1 saturated heterocycles. The number of allylic oxidation sites excluding steroid dienone is 1. The Morgan fingerprint density at radius 2 is 2.00 bits per heavy atom. The zero-order valence-electron chi connectivity index (χ0n) is 17.3. The minimum Gasteiger partial charge on any atom is -0.387 e. The third-order valence-electron chi connectivity index (χ3n) is 6.26. The van der Waals surface area contributed by atoms with Gasteiger partial charge in [-0.15, -0.1) is 0 Å². The number of alkyl halides is 1. The van der Waals surface area contributed by atoms with Gasteiger partial charge in [0.15, 0.2) is 0 Å². The predicted octanol–water partition coefficient (Wildman–Crippen LogP) is 5.72. The summed E-state index contributed by atoms with van der Waals surface area (Å²) >= 11 is 3.78. The molecule has 0 saturated carbocycles. The average molecular weight is 447 g/mol. The third-order valence-corrected chi connectivity index (χ3v) is 7.37. The number of rotatable bonds is 8. The van der Waals surface area contributed by atoms with Gasteiger partial charge in [0.1, 0.15) is 0 Å². The molecule has 2 unspecified atom stereocenters. The average Bonchev–Trinajstić information content (AvgIpc) is 2.93. The second-order valence-corrected chi connectivity index (χ2v) is 9.55. The fourth-order valence-electron chi connectivity index (χ4n) is 4.35. The standard InChI is InChI=1S/C24H35BrN2O/c1-3-17(12-13-20(25)4-2)23-16-19(24(28)22-11-7-8-14-26-22)15-18-9-5-6-10-21(18)27-23/h5-6,9-10,16-17,20,22,24,26,28H,3-4,7-8,11-15H2,1-2H3/t17?,20?,22-,24-/m1/s1. The first-order valence-corrected chi connectivity index (χ1v) is 12.0. The Bertz CT molecular complexity index is 694. The lowest BCUT2D eigenvalue weighted by molar-refractivity contribution is 0.142. The molecule has 2 aliphatic heterocycles. The van der Waals surface area contributed by atoms with E-state index in [-0.39, 0.29) is 6.04 Å². The van der Waals surface area contributed by atoms with Gasteiger partial charge < -0.3 is 10.4 Å². The van der Waals surface area contributed by atoms with Crippen LogP contribution >= 0.6 is 15.9 Å². The first-order chi connectivity index (χ1) is 13.6. The molecule has 1 fully saturated rings. The molecule has 28 heavy (non-hydrogen) atoms. The Kier molecular flexibility index (Phi) is 8.31. The number of hydrogen-bond donors (Lipinski definition) is 2. The summed E-state index contributed by atoms with van der Waals surface area (Å²) < 4.78 is 0. The Balaban J connectivity index is 1.88. The quantitative estimate of drug-likeness (QED) is 0.501. The number of benzene rings is 1. The van der Waals surface area contributed by atoms with E-state index in [0.717, 1.165) is 62.0 Å². The topological polar surface area (TPSA) is 44.6 Å². The number of aliphatic hydroxyl groups is 1. The molecule has 3 rings (SSSR count). The van der Waals surface area contributed by atoms with Crippen molar-refractivity contribution in [3.8, 4) is 0 Å². The van der Waals surface area contributed by atoms with Gasteiger partial charge in [0, 0.05) is 22.5 Å². The van der Waals surface area contributed by atoms with Gasteiger partial charge in [-0.25, -0.2) is 0 Å². The van der Waals surface area contributed by atoms with Crippen molar-refractivity contribution in [3.63, 3.8) is 0 Å². The van der Waals surface area contributed by atoms with Gasteiger partial charge in [0.2, 0.25) is 0 Å². The first kappa shape index (κ1) is 21.7. The van der Waals surface area contributed by atoms with E-state index in [1.807, 2.05) is 0 Å². The fraction of sp³-hybridized carbons (Fsp3) is 0.625. The highest BCUT2D eigenvalue weighted by molar-refractivity contribution is 9.09. The molecular formula is C24H35BrN2O. The summed E-state index contributed by atoms with van der Waals surface area (Å²) in [6.07, 6.45) is 10.5. The maximum atomic E-state index is 11.2. The van der Waals surface area contributed by atoms with Crippen LogP contribution in [0.2, 0.25) is 0 Å². The molecule has 2 heterocycles. The van der Waals surface area contributed by atoms with E-state index >= 15 is 0 Å². The van der Waals surface area contributed by atoms with Gasteiger partial charge in [0.05, 0.1) is 11.8 Å². The molecular weight excluding hydrogens is 412 g/mol. The summed E-state index contributed by atoms with van der Waals surface area (Å²) in [6.45, 7) is 5.49. The van der Waals surface area contributed by atoms with Crippen LogP contribution in [-0.2, 0) is 6.42 Å². The maximum Gasteiger partial charge on any atom is 0.0910 e. The fourth-order valence-corrected chi connectivity index (χ4v) is 4.62. The Hall–Kier alpha value is -0.970. The highest BCUT2D eigenvalue weighted by Gasteiger charge is 2.27. The van der Waals surface area contributed by atoms with Crippen molar-refractivity contribution in [1.82, 2.24) is 5.32 Å². The van der Waals surface area contributed by atoms with E-state index in [1.165, 1.54) is 18.4 Å². The van der Waals surface area contributed by atoms with Crippen molar-refractivity contribution >= 4 is 27.3 Å². The number of nitrogens with zero attached hydrogens (tertiary/aromatic N) is 1. The maximum absolute atomic E-state index is 11.2. The van der Waals surface area contributed by atoms with Gasteiger partial charge >= 0.3 is 0 Å². The van der Waals surface area contributed by atoms with E-state index in [4.69, 9.17) is 4.99 Å². The largest absolute Gasteiger partial charge is 0.387 e. The molecule has 0 bridgehead atoms. The number of aliphatic hydroxyl groups excluding tert-OH is 1. The number of nitrogens with one attached hydrogen (secondary N) is 1. The molecule has 4 heteroatoms. The minimum atomic E-state index is -0.436. The zero-order valence-corrected chi connectivity index (χ0v) is 18.9. The summed E-state index contributed by atoms with van der Waals surface area (Å²) in [7, 11) is 0. The molecule has 0 aliphatic carbocycles. The number of aliphatic imine (C=N–C) groups is 1. The normalized spacial score (nSPS) is 23.1. The summed E-state index contributed by atoms with van der Waals surface area (Å²) in [5.74, 6) is 0.430. The third kappa shape index (κ3) is 5.55. The molecule has 0 spiro atoms. The van der Waals surface area contributed by atoms with Crippen LogP contribution in [0.25, 0.3) is 0 Å². The number of halogens is 1. The van der Waals surface area contributed by atoms with Crippen molar-refractivity contribution in [3.05, 3.63) is 41.5 Å². The van der Waals surface area contributed by atoms with Crippen LogP contribution in [0.4, 0.5) is 5.69 Å². The zero-order chi connectivity index (χ0) is 19.9. The monoisotopic (exact) mass is 446 g/mol. The minimum absolute atomic E-state index is 0.165. The second-order valence-electron chi connectivity index (χ2n) is 8.25. The van der Waals surface area contributed by atoms with Crippen molar-refractivity contribution in [1.29, 1.82) is 0 Å². The molecule has 0 radical (unpaired) electrons. The van der Waals surface area contributed by atoms with Gasteiger partial charge in [-0.05, 0) is 74.8 Å². The van der Waals surface area contributed by atoms with Crippen molar-refractivity contribution in [2.75, 3.05) is 6.54 Å². The van der Waals surface area contributed by atoms with E-state index in [0.29, 0.717) is 10.7 Å². The molecule has 4 atom stereocenters. The van der Waals surface area contributed by atoms with Gasteiger partial charge in [-0.1, -0.05) is 54.4 Å². The van der Waals surface area contributed by atoms with Gasteiger partial charge in [0.25, 0.3) is 0 Å². The van der Waals surface area contributed by atoms with Crippen LogP contribution in [0.3, 0.4) is 0 Å². The van der Waals surface area contributed by atoms with E-state index in [2.05, 4.69) is 65.4 Å².